The number of rotatable bonds is 2. The van der Waals surface area contributed by atoms with Crippen molar-refractivity contribution in [3.8, 4) is 0 Å². The van der Waals surface area contributed by atoms with Gasteiger partial charge in [0.25, 0.3) is 0 Å². The first kappa shape index (κ1) is 9.01. The van der Waals surface area contributed by atoms with Gasteiger partial charge in [-0.2, -0.15) is 0 Å². The highest BCUT2D eigenvalue weighted by Crippen LogP contribution is 2.09. The molecule has 0 radical (unpaired) electrons. The van der Waals surface area contributed by atoms with Gasteiger partial charge in [-0.25, -0.2) is 0 Å². The minimum absolute atomic E-state index is 0.795. The number of nitrogens with zero attached hydrogens (tertiary/aromatic N) is 2. The van der Waals surface area contributed by atoms with Gasteiger partial charge in [0.15, 0.2) is 0 Å². The lowest BCUT2D eigenvalue weighted by Crippen LogP contribution is -2.50. The van der Waals surface area contributed by atoms with Crippen LogP contribution in [-0.4, -0.2) is 49.1 Å². The van der Waals surface area contributed by atoms with Crippen LogP contribution >= 0.6 is 0 Å². The monoisotopic (exact) mass is 156 g/mol. The Labute approximate surface area is 70.2 Å². The lowest BCUT2D eigenvalue weighted by molar-refractivity contribution is 0.0973. The van der Waals surface area contributed by atoms with Crippen molar-refractivity contribution in [3.63, 3.8) is 0 Å². The Bertz CT molecular complexity index is 114. The number of hydrogen-bond acceptors (Lipinski definition) is 2. The summed E-state index contributed by atoms with van der Waals surface area (Å²) in [4.78, 5) is 5.01. The molecule has 1 atom stereocenters. The van der Waals surface area contributed by atoms with E-state index < -0.39 is 0 Å². The van der Waals surface area contributed by atoms with Crippen LogP contribution in [0.5, 0.6) is 0 Å². The summed E-state index contributed by atoms with van der Waals surface area (Å²) in [7, 11) is 2.24. The van der Waals surface area contributed by atoms with Gasteiger partial charge in [-0.05, 0) is 20.0 Å². The Kier molecular flexibility index (Phi) is 3.34. The first-order valence-electron chi connectivity index (χ1n) is 4.70. The van der Waals surface area contributed by atoms with Gasteiger partial charge in [0.2, 0.25) is 0 Å². The van der Waals surface area contributed by atoms with Gasteiger partial charge in [-0.15, -0.1) is 0 Å². The van der Waals surface area contributed by atoms with E-state index in [9.17, 15) is 0 Å². The van der Waals surface area contributed by atoms with E-state index in [1.165, 1.54) is 32.6 Å². The molecule has 1 aliphatic heterocycles. The van der Waals surface area contributed by atoms with E-state index >= 15 is 0 Å². The molecule has 0 aromatic rings. The van der Waals surface area contributed by atoms with Crippen LogP contribution in [0.3, 0.4) is 0 Å². The predicted octanol–water partition coefficient (Wildman–Crippen LogP) is 1.03. The SMILES string of the molecule is CCC1CN(CC)CCN1C. The Balaban J connectivity index is 2.37. The van der Waals surface area contributed by atoms with E-state index in [0.717, 1.165) is 6.04 Å². The Morgan fingerprint density at radius 3 is 2.55 bits per heavy atom. The van der Waals surface area contributed by atoms with Crippen LogP contribution in [0.1, 0.15) is 20.3 Å². The minimum Gasteiger partial charge on any atom is -0.301 e. The average molecular weight is 156 g/mol. The highest BCUT2D eigenvalue weighted by molar-refractivity contribution is 4.77. The summed E-state index contributed by atoms with van der Waals surface area (Å²) in [5.41, 5.74) is 0. The van der Waals surface area contributed by atoms with Gasteiger partial charge in [-0.3, -0.25) is 0 Å². The predicted molar refractivity (Wildman–Crippen MR) is 48.8 cm³/mol. The zero-order chi connectivity index (χ0) is 8.27. The molecule has 2 heteroatoms. The number of hydrogen-bond donors (Lipinski definition) is 0. The van der Waals surface area contributed by atoms with Gasteiger partial charge < -0.3 is 9.80 Å². The van der Waals surface area contributed by atoms with Gasteiger partial charge in [0.05, 0.1) is 0 Å². The maximum absolute atomic E-state index is 2.54. The molecule has 1 saturated heterocycles. The first-order valence-corrected chi connectivity index (χ1v) is 4.70. The molecule has 0 saturated carbocycles. The second kappa shape index (κ2) is 4.07. The molecular weight excluding hydrogens is 136 g/mol. The number of likely N-dealkylation sites (N-methyl/N-ethyl adjacent to an activating group) is 2. The van der Waals surface area contributed by atoms with E-state index in [2.05, 4.69) is 30.7 Å². The summed E-state index contributed by atoms with van der Waals surface area (Å²) in [6.45, 7) is 9.50. The van der Waals surface area contributed by atoms with Gasteiger partial charge >= 0.3 is 0 Å². The third-order valence-electron chi connectivity index (χ3n) is 2.78. The second-order valence-corrected chi connectivity index (χ2v) is 3.44. The maximum atomic E-state index is 2.54. The molecule has 1 aliphatic rings. The molecule has 1 rings (SSSR count). The molecule has 0 amide bonds. The molecule has 1 fully saturated rings. The Hall–Kier alpha value is -0.0800. The fourth-order valence-electron chi connectivity index (χ4n) is 1.74. The van der Waals surface area contributed by atoms with Crippen LogP contribution in [0, 0.1) is 0 Å². The molecule has 0 spiro atoms. The summed E-state index contributed by atoms with van der Waals surface area (Å²) < 4.78 is 0. The van der Waals surface area contributed by atoms with Gasteiger partial charge in [0, 0.05) is 25.7 Å². The topological polar surface area (TPSA) is 6.48 Å². The molecule has 0 aromatic heterocycles. The van der Waals surface area contributed by atoms with E-state index in [1.54, 1.807) is 0 Å². The third-order valence-corrected chi connectivity index (χ3v) is 2.78. The zero-order valence-electron chi connectivity index (χ0n) is 8.01. The summed E-state index contributed by atoms with van der Waals surface area (Å²) >= 11 is 0. The molecule has 66 valence electrons. The van der Waals surface area contributed by atoms with Crippen molar-refractivity contribution in [1.82, 2.24) is 9.80 Å². The van der Waals surface area contributed by atoms with Crippen molar-refractivity contribution in [2.75, 3.05) is 33.2 Å². The highest BCUT2D eigenvalue weighted by Gasteiger charge is 2.20. The molecule has 11 heavy (non-hydrogen) atoms. The van der Waals surface area contributed by atoms with Crippen molar-refractivity contribution in [3.05, 3.63) is 0 Å². The van der Waals surface area contributed by atoms with Crippen LogP contribution in [0.4, 0.5) is 0 Å². The van der Waals surface area contributed by atoms with Crippen LogP contribution < -0.4 is 0 Å². The third kappa shape index (κ3) is 2.17. The van der Waals surface area contributed by atoms with E-state index in [-0.39, 0.29) is 0 Å². The second-order valence-electron chi connectivity index (χ2n) is 3.44. The standard InChI is InChI=1S/C9H20N2/c1-4-9-8-11(5-2)7-6-10(9)3/h9H,4-8H2,1-3H3. The smallest absolute Gasteiger partial charge is 0.0218 e. The molecule has 2 nitrogen and oxygen atoms in total. The van der Waals surface area contributed by atoms with Gasteiger partial charge in [-0.1, -0.05) is 13.8 Å². The summed E-state index contributed by atoms with van der Waals surface area (Å²) in [6, 6.07) is 0.795. The summed E-state index contributed by atoms with van der Waals surface area (Å²) in [6.07, 6.45) is 1.28. The Morgan fingerprint density at radius 1 is 1.27 bits per heavy atom. The molecule has 1 heterocycles. The minimum atomic E-state index is 0.795. The fourth-order valence-corrected chi connectivity index (χ4v) is 1.74. The lowest BCUT2D eigenvalue weighted by Gasteiger charge is -2.38. The quantitative estimate of drug-likeness (QED) is 0.589. The number of piperazine rings is 1. The lowest BCUT2D eigenvalue weighted by atomic mass is 10.1. The maximum Gasteiger partial charge on any atom is 0.0218 e. The average Bonchev–Trinajstić information content (AvgIpc) is 2.05. The van der Waals surface area contributed by atoms with Gasteiger partial charge in [0.1, 0.15) is 0 Å². The molecule has 0 N–H and O–H groups in total. The van der Waals surface area contributed by atoms with Crippen LogP contribution in [0.25, 0.3) is 0 Å². The summed E-state index contributed by atoms with van der Waals surface area (Å²) in [5, 5.41) is 0. The molecule has 0 aliphatic carbocycles. The van der Waals surface area contributed by atoms with Crippen molar-refractivity contribution >= 4 is 0 Å². The van der Waals surface area contributed by atoms with Crippen LogP contribution in [-0.2, 0) is 0 Å². The van der Waals surface area contributed by atoms with Crippen molar-refractivity contribution in [1.29, 1.82) is 0 Å². The van der Waals surface area contributed by atoms with Crippen LogP contribution in [0.2, 0.25) is 0 Å². The molecule has 0 bridgehead atoms. The fraction of sp³-hybridized carbons (Fsp3) is 1.00. The first-order chi connectivity index (χ1) is 5.27. The largest absolute Gasteiger partial charge is 0.301 e. The van der Waals surface area contributed by atoms with E-state index in [4.69, 9.17) is 0 Å². The molecule has 0 aromatic carbocycles. The van der Waals surface area contributed by atoms with Crippen LogP contribution in [0.15, 0.2) is 0 Å². The molecular formula is C9H20N2. The van der Waals surface area contributed by atoms with E-state index in [0.29, 0.717) is 0 Å². The Morgan fingerprint density at radius 2 is 2.00 bits per heavy atom. The van der Waals surface area contributed by atoms with Crippen molar-refractivity contribution in [2.45, 2.75) is 26.3 Å². The zero-order valence-corrected chi connectivity index (χ0v) is 8.01. The normalized spacial score (nSPS) is 29.2. The van der Waals surface area contributed by atoms with Crippen molar-refractivity contribution in [2.24, 2.45) is 0 Å². The van der Waals surface area contributed by atoms with Crippen molar-refractivity contribution < 1.29 is 0 Å². The van der Waals surface area contributed by atoms with E-state index in [1.807, 2.05) is 0 Å². The highest BCUT2D eigenvalue weighted by atomic mass is 15.3. The molecule has 1 unspecified atom stereocenters. The summed E-state index contributed by atoms with van der Waals surface area (Å²) in [5.74, 6) is 0.